The zero-order chi connectivity index (χ0) is 20.7. The highest BCUT2D eigenvalue weighted by molar-refractivity contribution is 6.32. The highest BCUT2D eigenvalue weighted by Gasteiger charge is 2.30. The smallest absolute Gasteiger partial charge is 0.274 e. The molecule has 7 nitrogen and oxygen atoms in total. The summed E-state index contributed by atoms with van der Waals surface area (Å²) < 4.78 is 1.43. The van der Waals surface area contributed by atoms with E-state index in [1.165, 1.54) is 10.7 Å². The Morgan fingerprint density at radius 1 is 1.24 bits per heavy atom. The molecule has 1 aliphatic carbocycles. The summed E-state index contributed by atoms with van der Waals surface area (Å²) in [6.45, 7) is 1.73. The molecule has 3 N–H and O–H groups in total. The van der Waals surface area contributed by atoms with Gasteiger partial charge >= 0.3 is 0 Å². The number of halogens is 2. The van der Waals surface area contributed by atoms with Crippen LogP contribution >= 0.6 is 23.2 Å². The molecule has 1 saturated carbocycles. The lowest BCUT2D eigenvalue weighted by Crippen LogP contribution is -2.21. The zero-order valence-electron chi connectivity index (χ0n) is 15.4. The van der Waals surface area contributed by atoms with Gasteiger partial charge in [0.1, 0.15) is 5.69 Å². The first-order valence-corrected chi connectivity index (χ1v) is 9.73. The Morgan fingerprint density at radius 2 is 2.00 bits per heavy atom. The first kappa shape index (κ1) is 19.4. The third-order valence-electron chi connectivity index (χ3n) is 4.70. The van der Waals surface area contributed by atoms with Gasteiger partial charge < -0.3 is 11.1 Å². The van der Waals surface area contributed by atoms with Crippen LogP contribution in [-0.4, -0.2) is 26.6 Å². The van der Waals surface area contributed by atoms with Crippen LogP contribution in [0.2, 0.25) is 10.0 Å². The maximum absolute atomic E-state index is 13.2. The van der Waals surface area contributed by atoms with Gasteiger partial charge in [0.2, 0.25) is 0 Å². The fourth-order valence-corrected chi connectivity index (χ4v) is 3.59. The summed E-state index contributed by atoms with van der Waals surface area (Å²) >= 11 is 12.3. The van der Waals surface area contributed by atoms with E-state index in [1.54, 1.807) is 37.4 Å². The molecule has 0 saturated heterocycles. The molecule has 0 aliphatic heterocycles. The maximum atomic E-state index is 13.2. The van der Waals surface area contributed by atoms with Gasteiger partial charge in [0, 0.05) is 17.1 Å². The van der Waals surface area contributed by atoms with Crippen LogP contribution in [0.15, 0.2) is 36.5 Å². The molecule has 0 spiro atoms. The number of amides is 2. The number of hydrogen-bond acceptors (Lipinski definition) is 4. The van der Waals surface area contributed by atoms with Crippen molar-refractivity contribution in [2.24, 2.45) is 5.73 Å². The molecule has 2 aromatic heterocycles. The van der Waals surface area contributed by atoms with Gasteiger partial charge in [-0.3, -0.25) is 9.59 Å². The van der Waals surface area contributed by atoms with Crippen molar-refractivity contribution in [2.75, 3.05) is 5.32 Å². The number of carbonyl (C=O) groups is 2. The van der Waals surface area contributed by atoms with Gasteiger partial charge in [0.05, 0.1) is 22.0 Å². The Morgan fingerprint density at radius 3 is 2.66 bits per heavy atom. The van der Waals surface area contributed by atoms with Crippen LogP contribution in [-0.2, 0) is 0 Å². The van der Waals surface area contributed by atoms with Gasteiger partial charge in [0.25, 0.3) is 11.8 Å². The molecule has 1 fully saturated rings. The van der Waals surface area contributed by atoms with E-state index < -0.39 is 11.8 Å². The number of aryl methyl sites for hydroxylation is 1. The van der Waals surface area contributed by atoms with Crippen molar-refractivity contribution in [1.82, 2.24) is 14.8 Å². The average molecular weight is 430 g/mol. The molecule has 0 radical (unpaired) electrons. The Hall–Kier alpha value is -2.90. The number of pyridine rings is 1. The van der Waals surface area contributed by atoms with Crippen molar-refractivity contribution < 1.29 is 9.59 Å². The third-order valence-corrected chi connectivity index (χ3v) is 5.21. The number of nitrogens with one attached hydrogen (secondary N) is 1. The summed E-state index contributed by atoms with van der Waals surface area (Å²) in [4.78, 5) is 29.3. The van der Waals surface area contributed by atoms with E-state index in [1.807, 2.05) is 0 Å². The minimum Gasteiger partial charge on any atom is -0.366 e. The topological polar surface area (TPSA) is 103 Å². The number of nitrogens with zero attached hydrogens (tertiary/aromatic N) is 3. The SMILES string of the molecule is Cc1cc(Cl)cc(C(N)=O)c1NC(=O)c1cc(C2CC2)nn1-c1ncccc1Cl. The van der Waals surface area contributed by atoms with E-state index in [4.69, 9.17) is 28.9 Å². The molecular weight excluding hydrogens is 413 g/mol. The van der Waals surface area contributed by atoms with Crippen LogP contribution in [0.4, 0.5) is 5.69 Å². The Labute approximate surface area is 176 Å². The molecule has 0 bridgehead atoms. The Balaban J connectivity index is 1.77. The van der Waals surface area contributed by atoms with Crippen molar-refractivity contribution >= 4 is 40.7 Å². The zero-order valence-corrected chi connectivity index (χ0v) is 17.0. The van der Waals surface area contributed by atoms with E-state index in [0.29, 0.717) is 33.0 Å². The highest BCUT2D eigenvalue weighted by atomic mass is 35.5. The van der Waals surface area contributed by atoms with E-state index >= 15 is 0 Å². The number of primary amides is 1. The first-order chi connectivity index (χ1) is 13.8. The number of carbonyl (C=O) groups excluding carboxylic acids is 2. The highest BCUT2D eigenvalue weighted by Crippen LogP contribution is 2.40. The lowest BCUT2D eigenvalue weighted by molar-refractivity contribution is 0.100. The molecule has 9 heteroatoms. The van der Waals surface area contributed by atoms with Crippen LogP contribution in [0.25, 0.3) is 5.82 Å². The summed E-state index contributed by atoms with van der Waals surface area (Å²) in [5, 5.41) is 8.06. The molecule has 2 heterocycles. The molecule has 0 atom stereocenters. The summed E-state index contributed by atoms with van der Waals surface area (Å²) in [5.41, 5.74) is 7.58. The largest absolute Gasteiger partial charge is 0.366 e. The first-order valence-electron chi connectivity index (χ1n) is 8.97. The fourth-order valence-electron chi connectivity index (χ4n) is 3.12. The van der Waals surface area contributed by atoms with Crippen molar-refractivity contribution in [3.63, 3.8) is 0 Å². The number of aromatic nitrogens is 3. The molecule has 1 aliphatic rings. The molecule has 1 aromatic carbocycles. The summed E-state index contributed by atoms with van der Waals surface area (Å²) in [7, 11) is 0. The quantitative estimate of drug-likeness (QED) is 0.636. The number of hydrogen-bond donors (Lipinski definition) is 2. The summed E-state index contributed by atoms with van der Waals surface area (Å²) in [5.74, 6) is -0.470. The molecule has 3 aromatic rings. The van der Waals surface area contributed by atoms with Gasteiger partial charge in [-0.05, 0) is 55.7 Å². The monoisotopic (exact) mass is 429 g/mol. The van der Waals surface area contributed by atoms with Crippen molar-refractivity contribution in [1.29, 1.82) is 0 Å². The van der Waals surface area contributed by atoms with Gasteiger partial charge in [-0.2, -0.15) is 5.10 Å². The lowest BCUT2D eigenvalue weighted by atomic mass is 10.1. The molecule has 29 heavy (non-hydrogen) atoms. The third kappa shape index (κ3) is 3.83. The van der Waals surface area contributed by atoms with Crippen molar-refractivity contribution in [3.8, 4) is 5.82 Å². The van der Waals surface area contributed by atoms with E-state index in [-0.39, 0.29) is 11.3 Å². The average Bonchev–Trinajstić information content (AvgIpc) is 3.42. The fraction of sp³-hybridized carbons (Fsp3) is 0.200. The van der Waals surface area contributed by atoms with Crippen LogP contribution in [0.1, 0.15) is 50.9 Å². The standard InChI is InChI=1S/C20H17Cl2N5O2/c1-10-7-12(21)8-13(18(23)28)17(10)25-20(29)16-9-15(11-4-5-11)26-27(16)19-14(22)3-2-6-24-19/h2-3,6-9,11H,4-5H2,1H3,(H2,23,28)(H,25,29). The van der Waals surface area contributed by atoms with Crippen molar-refractivity contribution in [3.05, 3.63) is 69.1 Å². The van der Waals surface area contributed by atoms with Gasteiger partial charge in [-0.25, -0.2) is 9.67 Å². The minimum atomic E-state index is -0.689. The predicted octanol–water partition coefficient (Wildman–Crippen LogP) is 4.11. The number of benzene rings is 1. The normalized spacial score (nSPS) is 13.3. The molecule has 4 rings (SSSR count). The molecule has 0 unspecified atom stereocenters. The van der Waals surface area contributed by atoms with Crippen LogP contribution in [0.3, 0.4) is 0 Å². The Bertz CT molecular complexity index is 1140. The van der Waals surface area contributed by atoms with Crippen LogP contribution in [0.5, 0.6) is 0 Å². The molecule has 2 amide bonds. The Kier molecular flexibility index (Phi) is 5.02. The van der Waals surface area contributed by atoms with Crippen LogP contribution < -0.4 is 11.1 Å². The summed E-state index contributed by atoms with van der Waals surface area (Å²) in [6.07, 6.45) is 3.63. The van der Waals surface area contributed by atoms with Crippen LogP contribution in [0, 0.1) is 6.92 Å². The second kappa shape index (κ2) is 7.50. The van der Waals surface area contributed by atoms with Gasteiger partial charge in [-0.1, -0.05) is 23.2 Å². The number of anilines is 1. The maximum Gasteiger partial charge on any atom is 0.274 e. The van der Waals surface area contributed by atoms with E-state index in [2.05, 4.69) is 15.4 Å². The number of nitrogens with two attached hydrogens (primary N) is 1. The van der Waals surface area contributed by atoms with Gasteiger partial charge in [-0.15, -0.1) is 0 Å². The second-order valence-electron chi connectivity index (χ2n) is 6.91. The number of rotatable bonds is 5. The lowest BCUT2D eigenvalue weighted by Gasteiger charge is -2.13. The van der Waals surface area contributed by atoms with Crippen molar-refractivity contribution in [2.45, 2.75) is 25.7 Å². The molecular formula is C20H17Cl2N5O2. The second-order valence-corrected chi connectivity index (χ2v) is 7.76. The predicted molar refractivity (Wildman–Crippen MR) is 111 cm³/mol. The van der Waals surface area contributed by atoms with E-state index in [0.717, 1.165) is 18.5 Å². The molecule has 148 valence electrons. The van der Waals surface area contributed by atoms with E-state index in [9.17, 15) is 9.59 Å². The minimum absolute atomic E-state index is 0.132. The van der Waals surface area contributed by atoms with Gasteiger partial charge in [0.15, 0.2) is 5.82 Å². The summed E-state index contributed by atoms with van der Waals surface area (Å²) in [6, 6.07) is 8.18.